The van der Waals surface area contributed by atoms with Crippen LogP contribution in [0.25, 0.3) is 0 Å². The molecule has 0 bridgehead atoms. The molecule has 0 saturated heterocycles. The van der Waals surface area contributed by atoms with E-state index in [9.17, 15) is 13.2 Å². The van der Waals surface area contributed by atoms with Crippen LogP contribution < -0.4 is 0 Å². The van der Waals surface area contributed by atoms with E-state index in [1.807, 2.05) is 0 Å². The molecule has 1 aliphatic carbocycles. The molecule has 1 N–H and O–H groups in total. The fourth-order valence-corrected chi connectivity index (χ4v) is 2.55. The van der Waals surface area contributed by atoms with E-state index >= 15 is 0 Å². The monoisotopic (exact) mass is 263 g/mol. The van der Waals surface area contributed by atoms with Crippen LogP contribution in [-0.4, -0.2) is 26.0 Å². The third kappa shape index (κ3) is 2.50. The van der Waals surface area contributed by atoms with Crippen LogP contribution in [0.2, 0.25) is 0 Å². The number of halogens is 3. The van der Waals surface area contributed by atoms with Crippen LogP contribution in [0.3, 0.4) is 0 Å². The molecule has 1 aromatic rings. The summed E-state index contributed by atoms with van der Waals surface area (Å²) in [5.74, 6) is -0.0386. The lowest BCUT2D eigenvalue weighted by Gasteiger charge is -2.29. The Morgan fingerprint density at radius 1 is 1.22 bits per heavy atom. The summed E-state index contributed by atoms with van der Waals surface area (Å²) < 4.78 is 39.3. The molecule has 0 spiro atoms. The first-order valence-corrected chi connectivity index (χ1v) is 5.99. The first kappa shape index (κ1) is 13.3. The third-order valence-electron chi connectivity index (χ3n) is 3.70. The Morgan fingerprint density at radius 2 is 1.83 bits per heavy atom. The van der Waals surface area contributed by atoms with Gasteiger partial charge in [-0.1, -0.05) is 0 Å². The summed E-state index contributed by atoms with van der Waals surface area (Å²) in [6.45, 7) is -0.207. The molecule has 0 atom stereocenters. The number of aliphatic hydroxyl groups excluding tert-OH is 1. The van der Waals surface area contributed by atoms with E-state index < -0.39 is 12.1 Å². The molecule has 2 rings (SSSR count). The largest absolute Gasteiger partial charge is 0.391 e. The molecule has 1 saturated carbocycles. The molecule has 1 aliphatic rings. The number of rotatable bonds is 2. The van der Waals surface area contributed by atoms with E-state index in [1.165, 1.54) is 0 Å². The predicted molar refractivity (Wildman–Crippen MR) is 57.7 cm³/mol. The summed E-state index contributed by atoms with van der Waals surface area (Å²) in [4.78, 5) is 0. The van der Waals surface area contributed by atoms with E-state index in [1.54, 1.807) is 11.6 Å². The molecule has 0 amide bonds. The van der Waals surface area contributed by atoms with Gasteiger partial charge in [-0.2, -0.15) is 13.2 Å². The second-order valence-corrected chi connectivity index (χ2v) is 4.78. The first-order valence-electron chi connectivity index (χ1n) is 5.99. The smallest absolute Gasteiger partial charge is 0.388 e. The van der Waals surface area contributed by atoms with Crippen molar-refractivity contribution in [3.8, 4) is 0 Å². The molecule has 7 heteroatoms. The van der Waals surface area contributed by atoms with E-state index in [0.29, 0.717) is 24.5 Å². The van der Waals surface area contributed by atoms with Gasteiger partial charge in [-0.05, 0) is 25.7 Å². The Hall–Kier alpha value is -1.11. The number of hydrogen-bond acceptors (Lipinski definition) is 3. The highest BCUT2D eigenvalue weighted by Gasteiger charge is 2.42. The molecule has 102 valence electrons. The molecule has 1 heterocycles. The summed E-state index contributed by atoms with van der Waals surface area (Å²) in [6.07, 6.45) is -2.84. The van der Waals surface area contributed by atoms with Gasteiger partial charge in [0.1, 0.15) is 12.4 Å². The van der Waals surface area contributed by atoms with Crippen LogP contribution in [0, 0.1) is 5.92 Å². The van der Waals surface area contributed by atoms with Gasteiger partial charge in [0.25, 0.3) is 0 Å². The highest BCUT2D eigenvalue weighted by Crippen LogP contribution is 2.42. The second-order valence-electron chi connectivity index (χ2n) is 4.78. The lowest BCUT2D eigenvalue weighted by molar-refractivity contribution is -0.182. The van der Waals surface area contributed by atoms with Crippen molar-refractivity contribution in [3.63, 3.8) is 0 Å². The van der Waals surface area contributed by atoms with Crippen molar-refractivity contribution in [1.29, 1.82) is 0 Å². The van der Waals surface area contributed by atoms with Gasteiger partial charge in [-0.3, -0.25) is 0 Å². The standard InChI is InChI=1S/C11H16F3N3O/c1-17-9(6-18)15-16-10(17)7-2-4-8(5-3-7)11(12,13)14/h7-8,18H,2-6H2,1H3. The number of hydrogen-bond donors (Lipinski definition) is 1. The van der Waals surface area contributed by atoms with Gasteiger partial charge in [0.15, 0.2) is 5.82 Å². The zero-order valence-electron chi connectivity index (χ0n) is 10.1. The number of aromatic nitrogens is 3. The van der Waals surface area contributed by atoms with Crippen LogP contribution in [0.4, 0.5) is 13.2 Å². The summed E-state index contributed by atoms with van der Waals surface area (Å²) in [6, 6.07) is 0. The summed E-state index contributed by atoms with van der Waals surface area (Å²) >= 11 is 0. The average Bonchev–Trinajstić information content (AvgIpc) is 2.69. The lowest BCUT2D eigenvalue weighted by atomic mass is 9.81. The van der Waals surface area contributed by atoms with Gasteiger partial charge < -0.3 is 9.67 Å². The maximum absolute atomic E-state index is 12.5. The molecule has 1 fully saturated rings. The maximum atomic E-state index is 12.5. The van der Waals surface area contributed by atoms with Crippen molar-refractivity contribution in [2.45, 2.75) is 44.4 Å². The van der Waals surface area contributed by atoms with Crippen molar-refractivity contribution in [3.05, 3.63) is 11.6 Å². The van der Waals surface area contributed by atoms with E-state index in [0.717, 1.165) is 0 Å². The quantitative estimate of drug-likeness (QED) is 0.889. The Morgan fingerprint density at radius 3 is 2.28 bits per heavy atom. The highest BCUT2D eigenvalue weighted by atomic mass is 19.4. The van der Waals surface area contributed by atoms with E-state index in [4.69, 9.17) is 5.11 Å². The molecular formula is C11H16F3N3O. The van der Waals surface area contributed by atoms with Gasteiger partial charge in [-0.15, -0.1) is 10.2 Å². The highest BCUT2D eigenvalue weighted by molar-refractivity contribution is 5.02. The molecule has 4 nitrogen and oxygen atoms in total. The van der Waals surface area contributed by atoms with Gasteiger partial charge in [0.2, 0.25) is 0 Å². The van der Waals surface area contributed by atoms with Crippen molar-refractivity contribution in [2.75, 3.05) is 0 Å². The van der Waals surface area contributed by atoms with Crippen molar-refractivity contribution < 1.29 is 18.3 Å². The number of aliphatic hydroxyl groups is 1. The Balaban J connectivity index is 2.03. The minimum absolute atomic E-state index is 0.0152. The fourth-order valence-electron chi connectivity index (χ4n) is 2.55. The molecule has 0 unspecified atom stereocenters. The topological polar surface area (TPSA) is 50.9 Å². The number of alkyl halides is 3. The Bertz CT molecular complexity index is 408. The van der Waals surface area contributed by atoms with Crippen LogP contribution >= 0.6 is 0 Å². The molecule has 0 aromatic carbocycles. The zero-order chi connectivity index (χ0) is 13.3. The molecule has 0 aliphatic heterocycles. The number of nitrogens with zero attached hydrogens (tertiary/aromatic N) is 3. The molecule has 1 aromatic heterocycles. The SMILES string of the molecule is Cn1c(CO)nnc1C1CCC(C(F)(F)F)CC1. The third-order valence-corrected chi connectivity index (χ3v) is 3.70. The predicted octanol–water partition coefficient (Wildman–Crippen LogP) is 2.14. The second kappa shape index (κ2) is 4.87. The van der Waals surface area contributed by atoms with Crippen molar-refractivity contribution in [1.82, 2.24) is 14.8 Å². The van der Waals surface area contributed by atoms with Crippen molar-refractivity contribution in [2.24, 2.45) is 13.0 Å². The van der Waals surface area contributed by atoms with Gasteiger partial charge in [-0.25, -0.2) is 0 Å². The summed E-state index contributed by atoms with van der Waals surface area (Å²) in [7, 11) is 1.73. The lowest BCUT2D eigenvalue weighted by Crippen LogP contribution is -2.27. The fraction of sp³-hybridized carbons (Fsp3) is 0.818. The normalized spacial score (nSPS) is 25.4. The first-order chi connectivity index (χ1) is 8.43. The molecule has 0 radical (unpaired) electrons. The van der Waals surface area contributed by atoms with Gasteiger partial charge >= 0.3 is 6.18 Å². The zero-order valence-corrected chi connectivity index (χ0v) is 10.1. The summed E-state index contributed by atoms with van der Waals surface area (Å²) in [5, 5.41) is 16.8. The molecular weight excluding hydrogens is 247 g/mol. The summed E-state index contributed by atoms with van der Waals surface area (Å²) in [5.41, 5.74) is 0. The minimum atomic E-state index is -4.08. The van der Waals surface area contributed by atoms with Crippen molar-refractivity contribution >= 4 is 0 Å². The van der Waals surface area contributed by atoms with E-state index in [2.05, 4.69) is 10.2 Å². The van der Waals surface area contributed by atoms with Gasteiger partial charge in [0, 0.05) is 13.0 Å². The Kier molecular flexibility index (Phi) is 3.61. The van der Waals surface area contributed by atoms with Crippen LogP contribution in [0.1, 0.15) is 43.3 Å². The average molecular weight is 263 g/mol. The molecule has 18 heavy (non-hydrogen) atoms. The van der Waals surface area contributed by atoms with Gasteiger partial charge in [0.05, 0.1) is 5.92 Å². The van der Waals surface area contributed by atoms with Crippen LogP contribution in [-0.2, 0) is 13.7 Å². The van der Waals surface area contributed by atoms with E-state index in [-0.39, 0.29) is 25.4 Å². The Labute approximate surface area is 103 Å². The van der Waals surface area contributed by atoms with Crippen LogP contribution in [0.15, 0.2) is 0 Å². The van der Waals surface area contributed by atoms with Crippen LogP contribution in [0.5, 0.6) is 0 Å². The maximum Gasteiger partial charge on any atom is 0.391 e. The minimum Gasteiger partial charge on any atom is -0.388 e.